The molecule has 0 saturated heterocycles. The highest BCUT2D eigenvalue weighted by atomic mass is 35.5. The third-order valence-corrected chi connectivity index (χ3v) is 4.82. The second-order valence-electron chi connectivity index (χ2n) is 6.50. The Morgan fingerprint density at radius 1 is 1.14 bits per heavy atom. The summed E-state index contributed by atoms with van der Waals surface area (Å²) < 4.78 is 21.9. The molecule has 1 N–H and O–H groups in total. The lowest BCUT2D eigenvalue weighted by Gasteiger charge is -2.19. The summed E-state index contributed by atoms with van der Waals surface area (Å²) in [6.45, 7) is 0. The summed E-state index contributed by atoms with van der Waals surface area (Å²) in [4.78, 5) is 17.1. The lowest BCUT2D eigenvalue weighted by Crippen LogP contribution is -2.31. The van der Waals surface area contributed by atoms with Crippen LogP contribution in [0.15, 0.2) is 77.5 Å². The third-order valence-electron chi connectivity index (χ3n) is 4.57. The first kappa shape index (κ1) is 19.0. The topological polar surface area (TPSA) is 60.1 Å². The molecule has 2 aromatic heterocycles. The van der Waals surface area contributed by atoms with E-state index in [-0.39, 0.29) is 5.76 Å². The summed E-state index contributed by atoms with van der Waals surface area (Å²) in [6.07, 6.45) is 3.34. The van der Waals surface area contributed by atoms with Crippen LogP contribution in [0, 0.1) is 5.82 Å². The van der Waals surface area contributed by atoms with Crippen molar-refractivity contribution < 1.29 is 13.6 Å². The second kappa shape index (κ2) is 7.93. The number of nitrogens with one attached hydrogen (secondary N) is 1. The molecule has 0 spiro atoms. The number of benzene rings is 2. The van der Waals surface area contributed by atoms with Crippen LogP contribution in [0.5, 0.6) is 0 Å². The van der Waals surface area contributed by atoms with Gasteiger partial charge in [0.1, 0.15) is 23.4 Å². The number of carbonyl (C=O) groups is 1. The zero-order chi connectivity index (χ0) is 20.4. The number of hydrogen-bond donors (Lipinski definition) is 1. The molecular formula is C22H17ClFN3O2. The van der Waals surface area contributed by atoms with Gasteiger partial charge in [0, 0.05) is 35.6 Å². The van der Waals surface area contributed by atoms with Crippen LogP contribution >= 0.6 is 11.6 Å². The van der Waals surface area contributed by atoms with Gasteiger partial charge in [0.05, 0.1) is 0 Å². The molecule has 146 valence electrons. The number of hydrogen-bond acceptors (Lipinski definition) is 3. The van der Waals surface area contributed by atoms with Gasteiger partial charge in [0.15, 0.2) is 5.76 Å². The van der Waals surface area contributed by atoms with E-state index in [1.165, 1.54) is 6.07 Å². The molecule has 2 heterocycles. The van der Waals surface area contributed by atoms with Crippen molar-refractivity contribution in [3.05, 3.63) is 101 Å². The van der Waals surface area contributed by atoms with Crippen LogP contribution in [0.3, 0.4) is 0 Å². The molecule has 0 aliphatic rings. The number of imidazole rings is 1. The van der Waals surface area contributed by atoms with E-state index in [2.05, 4.69) is 10.3 Å². The average molecular weight is 410 g/mol. The minimum Gasteiger partial charge on any atom is -0.451 e. The van der Waals surface area contributed by atoms with Crippen molar-refractivity contribution in [3.8, 4) is 11.3 Å². The lowest BCUT2D eigenvalue weighted by atomic mass is 10.1. The van der Waals surface area contributed by atoms with Crippen molar-refractivity contribution in [3.63, 3.8) is 0 Å². The molecule has 0 aliphatic carbocycles. The van der Waals surface area contributed by atoms with Crippen LogP contribution in [0.25, 0.3) is 11.3 Å². The SMILES string of the molecule is Cn1ccnc1C(NC(=O)c1ccc(-c2ccc(Cl)cc2)o1)c1ccccc1F. The minimum atomic E-state index is -0.771. The summed E-state index contributed by atoms with van der Waals surface area (Å²) in [7, 11) is 1.79. The fraction of sp³-hybridized carbons (Fsp3) is 0.0909. The Hall–Kier alpha value is -3.38. The van der Waals surface area contributed by atoms with Gasteiger partial charge in [-0.25, -0.2) is 9.37 Å². The Balaban J connectivity index is 1.63. The first-order chi connectivity index (χ1) is 14.0. The smallest absolute Gasteiger partial charge is 0.287 e. The van der Waals surface area contributed by atoms with Crippen molar-refractivity contribution in [2.75, 3.05) is 0 Å². The van der Waals surface area contributed by atoms with Gasteiger partial charge in [0.2, 0.25) is 0 Å². The van der Waals surface area contributed by atoms with Crippen LogP contribution in [0.2, 0.25) is 5.02 Å². The van der Waals surface area contributed by atoms with Crippen molar-refractivity contribution >= 4 is 17.5 Å². The summed E-state index contributed by atoms with van der Waals surface area (Å²) in [5, 5.41) is 3.44. The van der Waals surface area contributed by atoms with Gasteiger partial charge in [0.25, 0.3) is 5.91 Å². The highest BCUT2D eigenvalue weighted by Crippen LogP contribution is 2.26. The number of aromatic nitrogens is 2. The van der Waals surface area contributed by atoms with Crippen LogP contribution in [-0.2, 0) is 7.05 Å². The van der Waals surface area contributed by atoms with E-state index >= 15 is 0 Å². The molecule has 4 rings (SSSR count). The zero-order valence-corrected chi connectivity index (χ0v) is 16.2. The van der Waals surface area contributed by atoms with E-state index in [9.17, 15) is 9.18 Å². The number of rotatable bonds is 5. The number of carbonyl (C=O) groups excluding carboxylic acids is 1. The van der Waals surface area contributed by atoms with Crippen molar-refractivity contribution in [1.29, 1.82) is 0 Å². The Labute approximate surface area is 171 Å². The molecule has 0 bridgehead atoms. The molecule has 0 radical (unpaired) electrons. The molecule has 1 unspecified atom stereocenters. The predicted molar refractivity (Wildman–Crippen MR) is 108 cm³/mol. The first-order valence-corrected chi connectivity index (χ1v) is 9.29. The van der Waals surface area contributed by atoms with Gasteiger partial charge in [-0.1, -0.05) is 29.8 Å². The molecule has 2 aromatic carbocycles. The lowest BCUT2D eigenvalue weighted by molar-refractivity contribution is 0.0913. The molecule has 1 atom stereocenters. The minimum absolute atomic E-state index is 0.116. The van der Waals surface area contributed by atoms with E-state index in [4.69, 9.17) is 16.0 Å². The predicted octanol–water partition coefficient (Wildman–Crippen LogP) is 4.99. The highest BCUT2D eigenvalue weighted by Gasteiger charge is 2.25. The van der Waals surface area contributed by atoms with E-state index in [1.807, 2.05) is 0 Å². The number of furan rings is 1. The molecule has 0 saturated carbocycles. The molecule has 29 heavy (non-hydrogen) atoms. The van der Waals surface area contributed by atoms with E-state index in [0.717, 1.165) is 5.56 Å². The Morgan fingerprint density at radius 3 is 2.59 bits per heavy atom. The second-order valence-corrected chi connectivity index (χ2v) is 6.93. The molecule has 4 aromatic rings. The maximum atomic E-state index is 14.5. The Kier molecular flexibility index (Phi) is 5.18. The molecule has 0 aliphatic heterocycles. The summed E-state index contributed by atoms with van der Waals surface area (Å²) in [5.74, 6) is 0.258. The van der Waals surface area contributed by atoms with Crippen LogP contribution in [-0.4, -0.2) is 15.5 Å². The Bertz CT molecular complexity index is 1150. The largest absolute Gasteiger partial charge is 0.451 e. The van der Waals surface area contributed by atoms with Gasteiger partial charge in [-0.3, -0.25) is 4.79 Å². The average Bonchev–Trinajstić information content (AvgIpc) is 3.37. The quantitative estimate of drug-likeness (QED) is 0.505. The zero-order valence-electron chi connectivity index (χ0n) is 15.5. The summed E-state index contributed by atoms with van der Waals surface area (Å²) in [5.41, 5.74) is 1.11. The maximum absolute atomic E-state index is 14.5. The highest BCUT2D eigenvalue weighted by molar-refractivity contribution is 6.30. The molecule has 5 nitrogen and oxygen atoms in total. The molecular weight excluding hydrogens is 393 g/mol. The van der Waals surface area contributed by atoms with Gasteiger partial charge < -0.3 is 14.3 Å². The summed E-state index contributed by atoms with van der Waals surface area (Å²) >= 11 is 5.91. The van der Waals surface area contributed by atoms with E-state index in [1.54, 1.807) is 78.6 Å². The maximum Gasteiger partial charge on any atom is 0.287 e. The van der Waals surface area contributed by atoms with Crippen molar-refractivity contribution in [2.24, 2.45) is 7.05 Å². The first-order valence-electron chi connectivity index (χ1n) is 8.91. The van der Waals surface area contributed by atoms with Crippen LogP contribution in [0.4, 0.5) is 4.39 Å². The summed E-state index contributed by atoms with van der Waals surface area (Å²) in [6, 6.07) is 15.9. The van der Waals surface area contributed by atoms with Gasteiger partial charge in [-0.2, -0.15) is 0 Å². The molecule has 7 heteroatoms. The number of amides is 1. The van der Waals surface area contributed by atoms with Gasteiger partial charge >= 0.3 is 0 Å². The number of nitrogens with zero attached hydrogens (tertiary/aromatic N) is 2. The third kappa shape index (κ3) is 3.93. The number of aryl methyl sites for hydroxylation is 1. The number of halogens is 2. The van der Waals surface area contributed by atoms with Gasteiger partial charge in [-0.15, -0.1) is 0 Å². The van der Waals surface area contributed by atoms with E-state index < -0.39 is 17.8 Å². The molecule has 1 amide bonds. The fourth-order valence-corrected chi connectivity index (χ4v) is 3.20. The fourth-order valence-electron chi connectivity index (χ4n) is 3.08. The van der Waals surface area contributed by atoms with Crippen molar-refractivity contribution in [1.82, 2.24) is 14.9 Å². The normalized spacial score (nSPS) is 12.0. The van der Waals surface area contributed by atoms with Crippen molar-refractivity contribution in [2.45, 2.75) is 6.04 Å². The van der Waals surface area contributed by atoms with E-state index in [0.29, 0.717) is 22.2 Å². The molecule has 0 fully saturated rings. The monoisotopic (exact) mass is 409 g/mol. The van der Waals surface area contributed by atoms with Crippen LogP contribution < -0.4 is 5.32 Å². The van der Waals surface area contributed by atoms with Gasteiger partial charge in [-0.05, 0) is 42.5 Å². The standard InChI is InChI=1S/C22H17ClFN3O2/c1-27-13-12-25-21(27)20(16-4-2-3-5-17(16)24)26-22(28)19-11-10-18(29-19)14-6-8-15(23)9-7-14/h2-13,20H,1H3,(H,26,28). The Morgan fingerprint density at radius 2 is 1.90 bits per heavy atom. The van der Waals surface area contributed by atoms with Crippen LogP contribution in [0.1, 0.15) is 28.0 Å².